The lowest BCUT2D eigenvalue weighted by atomic mass is 10.0. The third kappa shape index (κ3) is 1.49. The Bertz CT molecular complexity index is 590. The first-order valence-corrected chi connectivity index (χ1v) is 7.30. The van der Waals surface area contributed by atoms with Crippen LogP contribution in [0.5, 0.6) is 0 Å². The fourth-order valence-electron chi connectivity index (χ4n) is 4.79. The van der Waals surface area contributed by atoms with E-state index in [0.29, 0.717) is 23.2 Å². The van der Waals surface area contributed by atoms with Gasteiger partial charge in [-0.2, -0.15) is 0 Å². The monoisotopic (exact) mass is 274 g/mol. The van der Waals surface area contributed by atoms with E-state index in [1.165, 1.54) is 19.3 Å². The average Bonchev–Trinajstić information content (AvgIpc) is 2.71. The Kier molecular flexibility index (Phi) is 2.32. The van der Waals surface area contributed by atoms with E-state index in [-0.39, 0.29) is 17.4 Å². The highest BCUT2D eigenvalue weighted by Gasteiger charge is 2.67. The van der Waals surface area contributed by atoms with Gasteiger partial charge in [-0.1, -0.05) is 0 Å². The molecule has 5 nitrogen and oxygen atoms in total. The van der Waals surface area contributed by atoms with Gasteiger partial charge < -0.3 is 15.4 Å². The lowest BCUT2D eigenvalue weighted by molar-refractivity contribution is -0.118. The molecule has 1 heterocycles. The molecule has 3 aliphatic rings. The summed E-state index contributed by atoms with van der Waals surface area (Å²) in [6.45, 7) is 1.70. The Hall–Kier alpha value is -1.78. The summed E-state index contributed by atoms with van der Waals surface area (Å²) in [5.74, 6) is 1.76. The first kappa shape index (κ1) is 12.0. The van der Waals surface area contributed by atoms with Crippen LogP contribution in [0, 0.1) is 36.5 Å². The second-order valence-electron chi connectivity index (χ2n) is 6.51. The summed E-state index contributed by atoms with van der Waals surface area (Å²) in [5, 5.41) is 12.0. The maximum absolute atomic E-state index is 12.4. The van der Waals surface area contributed by atoms with Gasteiger partial charge in [0, 0.05) is 17.8 Å². The second-order valence-corrected chi connectivity index (χ2v) is 6.51. The highest BCUT2D eigenvalue weighted by atomic mass is 16.4. The Morgan fingerprint density at radius 2 is 1.95 bits per heavy atom. The molecule has 4 atom stereocenters. The SMILES string of the molecule is Cc1[nH]cc(NC(=O)C2C3C4CCC(C4)C23)c1C(=O)O. The molecule has 0 spiro atoms. The highest BCUT2D eigenvalue weighted by Crippen LogP contribution is 2.69. The van der Waals surface area contributed by atoms with E-state index in [9.17, 15) is 14.7 Å². The molecular weight excluding hydrogens is 256 g/mol. The van der Waals surface area contributed by atoms with E-state index < -0.39 is 5.97 Å². The molecule has 0 radical (unpaired) electrons. The van der Waals surface area contributed by atoms with Gasteiger partial charge in [-0.05, 0) is 49.9 Å². The Morgan fingerprint density at radius 1 is 1.30 bits per heavy atom. The van der Waals surface area contributed by atoms with E-state index in [2.05, 4.69) is 10.3 Å². The minimum Gasteiger partial charge on any atom is -0.478 e. The van der Waals surface area contributed by atoms with Crippen LogP contribution in [-0.2, 0) is 4.79 Å². The van der Waals surface area contributed by atoms with Gasteiger partial charge in [0.15, 0.2) is 0 Å². The number of aromatic nitrogens is 1. The molecule has 5 heteroatoms. The largest absolute Gasteiger partial charge is 0.478 e. The van der Waals surface area contributed by atoms with Gasteiger partial charge in [0.05, 0.1) is 5.69 Å². The maximum Gasteiger partial charge on any atom is 0.339 e. The molecule has 1 amide bonds. The van der Waals surface area contributed by atoms with E-state index in [0.717, 1.165) is 11.8 Å². The number of hydrogen-bond donors (Lipinski definition) is 3. The maximum atomic E-state index is 12.4. The van der Waals surface area contributed by atoms with Crippen LogP contribution in [0.4, 0.5) is 5.69 Å². The minimum atomic E-state index is -1.00. The summed E-state index contributed by atoms with van der Waals surface area (Å²) in [6, 6.07) is 0. The molecule has 0 aliphatic heterocycles. The normalized spacial score (nSPS) is 36.8. The standard InChI is InChI=1S/C15H18N2O3/c1-6-10(15(19)20)9(5-16-6)17-14(18)13-11-7-2-3-8(4-7)12(11)13/h5,7-8,11-13,16H,2-4H2,1H3,(H,17,18)(H,19,20). The van der Waals surface area contributed by atoms with Crippen LogP contribution in [0.3, 0.4) is 0 Å². The number of nitrogens with one attached hydrogen (secondary N) is 2. The first-order chi connectivity index (χ1) is 9.58. The number of amides is 1. The Labute approximate surface area is 116 Å². The van der Waals surface area contributed by atoms with Crippen LogP contribution in [0.2, 0.25) is 0 Å². The number of carboxylic acid groups (broad SMARTS) is 1. The van der Waals surface area contributed by atoms with Crippen molar-refractivity contribution in [3.63, 3.8) is 0 Å². The third-order valence-corrected chi connectivity index (χ3v) is 5.59. The number of carboxylic acids is 1. The van der Waals surface area contributed by atoms with Gasteiger partial charge in [0.2, 0.25) is 5.91 Å². The summed E-state index contributed by atoms with van der Waals surface area (Å²) in [6.07, 6.45) is 5.44. The molecule has 3 aliphatic carbocycles. The topological polar surface area (TPSA) is 82.2 Å². The number of carbonyl (C=O) groups is 2. The zero-order chi connectivity index (χ0) is 14.0. The quantitative estimate of drug-likeness (QED) is 0.790. The number of aromatic carboxylic acids is 1. The van der Waals surface area contributed by atoms with Gasteiger partial charge in [-0.3, -0.25) is 4.79 Å². The molecule has 1 aromatic heterocycles. The highest BCUT2D eigenvalue weighted by molar-refractivity contribution is 6.03. The molecule has 2 bridgehead atoms. The lowest BCUT2D eigenvalue weighted by Crippen LogP contribution is -2.19. The van der Waals surface area contributed by atoms with Gasteiger partial charge in [-0.15, -0.1) is 0 Å². The fourth-order valence-corrected chi connectivity index (χ4v) is 4.79. The van der Waals surface area contributed by atoms with Crippen molar-refractivity contribution in [2.24, 2.45) is 29.6 Å². The molecule has 3 N–H and O–H groups in total. The summed E-state index contributed by atoms with van der Waals surface area (Å²) >= 11 is 0. The Balaban J connectivity index is 1.51. The molecule has 20 heavy (non-hydrogen) atoms. The second kappa shape index (κ2) is 3.87. The number of fused-ring (bicyclic) bond motifs is 5. The van der Waals surface area contributed by atoms with Crippen LogP contribution < -0.4 is 5.32 Å². The van der Waals surface area contributed by atoms with E-state index in [4.69, 9.17) is 0 Å². The Morgan fingerprint density at radius 3 is 2.55 bits per heavy atom. The zero-order valence-electron chi connectivity index (χ0n) is 11.3. The van der Waals surface area contributed by atoms with Crippen LogP contribution >= 0.6 is 0 Å². The molecule has 3 saturated carbocycles. The number of carbonyl (C=O) groups excluding carboxylic acids is 1. The number of aromatic amines is 1. The van der Waals surface area contributed by atoms with E-state index in [1.807, 2.05) is 0 Å². The predicted molar refractivity (Wildman–Crippen MR) is 72.4 cm³/mol. The average molecular weight is 274 g/mol. The van der Waals surface area contributed by atoms with Crippen LogP contribution in [0.1, 0.15) is 35.3 Å². The van der Waals surface area contributed by atoms with Crippen molar-refractivity contribution in [3.8, 4) is 0 Å². The molecule has 106 valence electrons. The van der Waals surface area contributed by atoms with Crippen LogP contribution in [0.15, 0.2) is 6.20 Å². The molecular formula is C15H18N2O3. The number of aryl methyl sites for hydroxylation is 1. The van der Waals surface area contributed by atoms with Gasteiger partial charge in [0.1, 0.15) is 5.56 Å². The summed E-state index contributed by atoms with van der Waals surface area (Å²) in [7, 11) is 0. The summed E-state index contributed by atoms with van der Waals surface area (Å²) < 4.78 is 0. The smallest absolute Gasteiger partial charge is 0.339 e. The van der Waals surface area contributed by atoms with E-state index >= 15 is 0 Å². The first-order valence-electron chi connectivity index (χ1n) is 7.30. The van der Waals surface area contributed by atoms with Crippen molar-refractivity contribution < 1.29 is 14.7 Å². The third-order valence-electron chi connectivity index (χ3n) is 5.59. The van der Waals surface area contributed by atoms with Crippen molar-refractivity contribution in [2.75, 3.05) is 5.32 Å². The molecule has 0 aromatic carbocycles. The van der Waals surface area contributed by atoms with Gasteiger partial charge in [-0.25, -0.2) is 4.79 Å². The summed E-state index contributed by atoms with van der Waals surface area (Å²) in [4.78, 5) is 26.5. The van der Waals surface area contributed by atoms with Crippen molar-refractivity contribution in [3.05, 3.63) is 17.5 Å². The van der Waals surface area contributed by atoms with Gasteiger partial charge in [0.25, 0.3) is 0 Å². The number of H-pyrrole nitrogens is 1. The van der Waals surface area contributed by atoms with Crippen LogP contribution in [0.25, 0.3) is 0 Å². The molecule has 1 aromatic rings. The summed E-state index contributed by atoms with van der Waals surface area (Å²) in [5.41, 5.74) is 1.15. The minimum absolute atomic E-state index is 0.0121. The molecule has 3 fully saturated rings. The van der Waals surface area contributed by atoms with E-state index in [1.54, 1.807) is 13.1 Å². The van der Waals surface area contributed by atoms with Crippen molar-refractivity contribution in [1.29, 1.82) is 0 Å². The van der Waals surface area contributed by atoms with Crippen molar-refractivity contribution in [1.82, 2.24) is 4.98 Å². The molecule has 4 unspecified atom stereocenters. The number of rotatable bonds is 3. The number of hydrogen-bond acceptors (Lipinski definition) is 2. The van der Waals surface area contributed by atoms with Gasteiger partial charge >= 0.3 is 5.97 Å². The van der Waals surface area contributed by atoms with Crippen LogP contribution in [-0.4, -0.2) is 22.0 Å². The molecule has 4 rings (SSSR count). The molecule has 0 saturated heterocycles. The fraction of sp³-hybridized carbons (Fsp3) is 0.600. The lowest BCUT2D eigenvalue weighted by Gasteiger charge is -2.09. The predicted octanol–water partition coefficient (Wildman–Crippen LogP) is 2.25. The van der Waals surface area contributed by atoms with Crippen molar-refractivity contribution in [2.45, 2.75) is 26.2 Å². The number of anilines is 1. The van der Waals surface area contributed by atoms with Crippen molar-refractivity contribution >= 4 is 17.6 Å². The zero-order valence-corrected chi connectivity index (χ0v) is 11.3.